The monoisotopic (exact) mass is 380 g/mol. The number of rotatable bonds is 7. The summed E-state index contributed by atoms with van der Waals surface area (Å²) in [6.07, 6.45) is 0. The minimum atomic E-state index is -0.349. The fraction of sp³-hybridized carbons (Fsp3) is 0.222. The number of halogens is 2. The second-order valence-corrected chi connectivity index (χ2v) is 6.18. The maximum atomic E-state index is 12.0. The third-order valence-corrected chi connectivity index (χ3v) is 3.86. The highest BCUT2D eigenvalue weighted by Crippen LogP contribution is 2.20. The van der Waals surface area contributed by atoms with Crippen LogP contribution in [0.5, 0.6) is 5.75 Å². The van der Waals surface area contributed by atoms with Crippen LogP contribution in [0.15, 0.2) is 42.5 Å². The van der Waals surface area contributed by atoms with E-state index >= 15 is 0 Å². The first kappa shape index (κ1) is 19.1. The molecular formula is C18H18Cl2N2O3. The number of hydrogen-bond acceptors (Lipinski definition) is 3. The van der Waals surface area contributed by atoms with Gasteiger partial charge in [-0.1, -0.05) is 40.9 Å². The van der Waals surface area contributed by atoms with Gasteiger partial charge in [0.2, 0.25) is 0 Å². The van der Waals surface area contributed by atoms with Crippen molar-refractivity contribution in [1.82, 2.24) is 10.6 Å². The van der Waals surface area contributed by atoms with Gasteiger partial charge in [0.1, 0.15) is 5.75 Å². The number of amides is 2. The summed E-state index contributed by atoms with van der Waals surface area (Å²) in [6.45, 7) is 2.43. The molecule has 0 spiro atoms. The van der Waals surface area contributed by atoms with Crippen molar-refractivity contribution >= 4 is 35.0 Å². The van der Waals surface area contributed by atoms with Crippen LogP contribution in [0.3, 0.4) is 0 Å². The number of ether oxygens (including phenoxy) is 1. The van der Waals surface area contributed by atoms with Gasteiger partial charge in [0, 0.05) is 18.1 Å². The Hall–Kier alpha value is -2.24. The van der Waals surface area contributed by atoms with Crippen molar-refractivity contribution in [2.45, 2.75) is 6.92 Å². The van der Waals surface area contributed by atoms with Crippen LogP contribution < -0.4 is 15.4 Å². The van der Waals surface area contributed by atoms with Gasteiger partial charge < -0.3 is 15.4 Å². The lowest BCUT2D eigenvalue weighted by Crippen LogP contribution is -2.36. The molecular weight excluding hydrogens is 363 g/mol. The first-order valence-electron chi connectivity index (χ1n) is 7.65. The average molecular weight is 381 g/mol. The Morgan fingerprint density at radius 2 is 1.68 bits per heavy atom. The van der Waals surface area contributed by atoms with E-state index in [0.717, 1.165) is 5.56 Å². The number of carbonyl (C=O) groups excluding carboxylic acids is 2. The van der Waals surface area contributed by atoms with E-state index in [1.807, 2.05) is 19.1 Å². The van der Waals surface area contributed by atoms with E-state index in [1.165, 1.54) is 6.07 Å². The fourth-order valence-electron chi connectivity index (χ4n) is 1.98. The Labute approximate surface area is 156 Å². The molecule has 0 unspecified atom stereocenters. The number of nitrogens with one attached hydrogen (secondary N) is 2. The topological polar surface area (TPSA) is 67.4 Å². The molecule has 0 bridgehead atoms. The van der Waals surface area contributed by atoms with Gasteiger partial charge in [-0.2, -0.15) is 0 Å². The van der Waals surface area contributed by atoms with Crippen LogP contribution >= 0.6 is 23.2 Å². The molecule has 5 nitrogen and oxygen atoms in total. The molecule has 2 amide bonds. The third-order valence-electron chi connectivity index (χ3n) is 3.30. The first-order valence-corrected chi connectivity index (χ1v) is 8.41. The summed E-state index contributed by atoms with van der Waals surface area (Å²) >= 11 is 11.8. The molecule has 0 aromatic heterocycles. The van der Waals surface area contributed by atoms with Crippen LogP contribution in [0.25, 0.3) is 0 Å². The van der Waals surface area contributed by atoms with Gasteiger partial charge in [0.15, 0.2) is 6.61 Å². The van der Waals surface area contributed by atoms with Crippen LogP contribution in [0, 0.1) is 6.92 Å². The molecule has 132 valence electrons. The minimum Gasteiger partial charge on any atom is -0.484 e. The normalized spacial score (nSPS) is 10.2. The van der Waals surface area contributed by atoms with E-state index in [2.05, 4.69) is 10.6 Å². The summed E-state index contributed by atoms with van der Waals surface area (Å²) in [5.41, 5.74) is 1.41. The van der Waals surface area contributed by atoms with Gasteiger partial charge in [0.05, 0.1) is 10.6 Å². The molecule has 0 aliphatic heterocycles. The molecule has 0 aliphatic rings. The highest BCUT2D eigenvalue weighted by molar-refractivity contribution is 6.35. The molecule has 2 aromatic rings. The highest BCUT2D eigenvalue weighted by atomic mass is 35.5. The van der Waals surface area contributed by atoms with Gasteiger partial charge in [-0.3, -0.25) is 9.59 Å². The predicted octanol–water partition coefficient (Wildman–Crippen LogP) is 3.23. The second-order valence-electron chi connectivity index (χ2n) is 5.33. The lowest BCUT2D eigenvalue weighted by Gasteiger charge is -2.09. The van der Waals surface area contributed by atoms with Crippen molar-refractivity contribution in [3.05, 3.63) is 63.6 Å². The summed E-state index contributed by atoms with van der Waals surface area (Å²) in [5.74, 6) is 0.0120. The Morgan fingerprint density at radius 1 is 1.00 bits per heavy atom. The molecule has 25 heavy (non-hydrogen) atoms. The van der Waals surface area contributed by atoms with E-state index in [-0.39, 0.29) is 31.5 Å². The fourth-order valence-corrected chi connectivity index (χ4v) is 2.35. The molecule has 0 fully saturated rings. The lowest BCUT2D eigenvalue weighted by molar-refractivity contribution is -0.123. The van der Waals surface area contributed by atoms with Crippen molar-refractivity contribution in [1.29, 1.82) is 0 Å². The van der Waals surface area contributed by atoms with Crippen LogP contribution in [0.2, 0.25) is 10.0 Å². The molecule has 7 heteroatoms. The van der Waals surface area contributed by atoms with Gasteiger partial charge in [-0.05, 0) is 37.3 Å². The van der Waals surface area contributed by atoms with E-state index < -0.39 is 0 Å². The number of hydrogen-bond donors (Lipinski definition) is 2. The number of benzene rings is 2. The Kier molecular flexibility index (Phi) is 7.10. The second kappa shape index (κ2) is 9.30. The Bertz CT molecular complexity index is 748. The minimum absolute atomic E-state index is 0.0862. The molecule has 0 saturated heterocycles. The molecule has 0 aliphatic carbocycles. The van der Waals surface area contributed by atoms with E-state index in [0.29, 0.717) is 21.4 Å². The maximum absolute atomic E-state index is 12.0. The summed E-state index contributed by atoms with van der Waals surface area (Å²) in [7, 11) is 0. The van der Waals surface area contributed by atoms with Crippen molar-refractivity contribution in [3.63, 3.8) is 0 Å². The number of aryl methyl sites for hydroxylation is 1. The highest BCUT2D eigenvalue weighted by Gasteiger charge is 2.10. The average Bonchev–Trinajstić information content (AvgIpc) is 2.60. The molecule has 0 radical (unpaired) electrons. The molecule has 2 aromatic carbocycles. The van der Waals surface area contributed by atoms with Gasteiger partial charge in [-0.25, -0.2) is 0 Å². The summed E-state index contributed by atoms with van der Waals surface area (Å²) in [4.78, 5) is 23.7. The van der Waals surface area contributed by atoms with Crippen LogP contribution in [0.4, 0.5) is 0 Å². The van der Waals surface area contributed by atoms with Crippen molar-refractivity contribution in [3.8, 4) is 5.75 Å². The summed E-state index contributed by atoms with van der Waals surface area (Å²) in [5, 5.41) is 6.07. The van der Waals surface area contributed by atoms with Gasteiger partial charge in [0.25, 0.3) is 11.8 Å². The number of carbonyl (C=O) groups is 2. The molecule has 2 rings (SSSR count). The zero-order valence-electron chi connectivity index (χ0n) is 13.6. The van der Waals surface area contributed by atoms with Crippen molar-refractivity contribution < 1.29 is 14.3 Å². The van der Waals surface area contributed by atoms with Crippen molar-refractivity contribution in [2.24, 2.45) is 0 Å². The summed E-state index contributed by atoms with van der Waals surface area (Å²) < 4.78 is 5.37. The summed E-state index contributed by atoms with van der Waals surface area (Å²) in [6, 6.07) is 12.1. The zero-order valence-corrected chi connectivity index (χ0v) is 15.2. The standard InChI is InChI=1S/C18H18Cl2N2O3/c1-12-2-5-14(6-3-12)25-11-17(23)21-8-9-22-18(24)15-10-13(19)4-7-16(15)20/h2-7,10H,8-9,11H2,1H3,(H,21,23)(H,22,24). The van der Waals surface area contributed by atoms with E-state index in [4.69, 9.17) is 27.9 Å². The Balaban J connectivity index is 1.68. The van der Waals surface area contributed by atoms with Crippen LogP contribution in [0.1, 0.15) is 15.9 Å². The van der Waals surface area contributed by atoms with Crippen molar-refractivity contribution in [2.75, 3.05) is 19.7 Å². The maximum Gasteiger partial charge on any atom is 0.258 e. The van der Waals surface area contributed by atoms with Gasteiger partial charge >= 0.3 is 0 Å². The molecule has 2 N–H and O–H groups in total. The molecule has 0 heterocycles. The quantitative estimate of drug-likeness (QED) is 0.724. The SMILES string of the molecule is Cc1ccc(OCC(=O)NCCNC(=O)c2cc(Cl)ccc2Cl)cc1. The van der Waals surface area contributed by atoms with E-state index in [1.54, 1.807) is 24.3 Å². The van der Waals surface area contributed by atoms with Crippen LogP contribution in [-0.2, 0) is 4.79 Å². The zero-order chi connectivity index (χ0) is 18.2. The molecule has 0 atom stereocenters. The van der Waals surface area contributed by atoms with Gasteiger partial charge in [-0.15, -0.1) is 0 Å². The Morgan fingerprint density at radius 3 is 2.40 bits per heavy atom. The molecule has 0 saturated carbocycles. The smallest absolute Gasteiger partial charge is 0.258 e. The largest absolute Gasteiger partial charge is 0.484 e. The third kappa shape index (κ3) is 6.29. The predicted molar refractivity (Wildman–Crippen MR) is 98.5 cm³/mol. The van der Waals surface area contributed by atoms with Crippen LogP contribution in [-0.4, -0.2) is 31.5 Å². The first-order chi connectivity index (χ1) is 12.0. The van der Waals surface area contributed by atoms with E-state index in [9.17, 15) is 9.59 Å². The lowest BCUT2D eigenvalue weighted by atomic mass is 10.2.